The second-order valence-electron chi connectivity index (χ2n) is 5.94. The van der Waals surface area contributed by atoms with Crippen LogP contribution in [0, 0.1) is 0 Å². The van der Waals surface area contributed by atoms with Gasteiger partial charge in [-0.05, 0) is 29.8 Å². The second kappa shape index (κ2) is 6.80. The standard InChI is InChI=1S/C21H18N4O/c1-25-21(23-20(24-25)16-7-4-10-19(13-16)26-2)17-8-3-6-15(12-17)18-9-5-11-22-14-18/h3-14H,1-2H3. The molecular formula is C21H18N4O. The first kappa shape index (κ1) is 16.0. The quantitative estimate of drug-likeness (QED) is 0.557. The van der Waals surface area contributed by atoms with Gasteiger partial charge in [0.25, 0.3) is 0 Å². The van der Waals surface area contributed by atoms with Crippen LogP contribution in [0.3, 0.4) is 0 Å². The van der Waals surface area contributed by atoms with Gasteiger partial charge in [0.15, 0.2) is 11.6 Å². The highest BCUT2D eigenvalue weighted by Gasteiger charge is 2.12. The fourth-order valence-corrected chi connectivity index (χ4v) is 2.89. The zero-order chi connectivity index (χ0) is 17.9. The molecule has 0 saturated heterocycles. The zero-order valence-electron chi connectivity index (χ0n) is 14.6. The third-order valence-corrected chi connectivity index (χ3v) is 4.21. The van der Waals surface area contributed by atoms with E-state index in [9.17, 15) is 0 Å². The van der Waals surface area contributed by atoms with E-state index < -0.39 is 0 Å². The van der Waals surface area contributed by atoms with E-state index in [2.05, 4.69) is 22.2 Å². The van der Waals surface area contributed by atoms with E-state index in [-0.39, 0.29) is 0 Å². The van der Waals surface area contributed by atoms with Crippen LogP contribution in [0.5, 0.6) is 5.75 Å². The Kier molecular flexibility index (Phi) is 4.19. The Morgan fingerprint density at radius 2 is 1.62 bits per heavy atom. The molecule has 0 atom stereocenters. The molecule has 0 radical (unpaired) electrons. The van der Waals surface area contributed by atoms with Crippen LogP contribution in [0.2, 0.25) is 0 Å². The van der Waals surface area contributed by atoms with Gasteiger partial charge >= 0.3 is 0 Å². The molecule has 5 heteroatoms. The van der Waals surface area contributed by atoms with Gasteiger partial charge in [-0.15, -0.1) is 0 Å². The molecule has 4 rings (SSSR count). The summed E-state index contributed by atoms with van der Waals surface area (Å²) in [6, 6.07) is 20.0. The van der Waals surface area contributed by atoms with Crippen molar-refractivity contribution in [3.63, 3.8) is 0 Å². The highest BCUT2D eigenvalue weighted by atomic mass is 16.5. The minimum absolute atomic E-state index is 0.674. The van der Waals surface area contributed by atoms with Crippen molar-refractivity contribution in [2.45, 2.75) is 0 Å². The molecule has 0 aliphatic heterocycles. The zero-order valence-corrected chi connectivity index (χ0v) is 14.6. The first-order valence-electron chi connectivity index (χ1n) is 8.31. The van der Waals surface area contributed by atoms with Crippen LogP contribution in [0.4, 0.5) is 0 Å². The molecule has 0 saturated carbocycles. The smallest absolute Gasteiger partial charge is 0.181 e. The molecular weight excluding hydrogens is 324 g/mol. The summed E-state index contributed by atoms with van der Waals surface area (Å²) < 4.78 is 7.10. The first-order chi connectivity index (χ1) is 12.7. The predicted octanol–water partition coefficient (Wildman–Crippen LogP) is 4.22. The highest BCUT2D eigenvalue weighted by molar-refractivity contribution is 5.70. The fraction of sp³-hybridized carbons (Fsp3) is 0.0952. The Hall–Kier alpha value is -3.47. The van der Waals surface area contributed by atoms with Gasteiger partial charge in [-0.1, -0.05) is 36.4 Å². The third-order valence-electron chi connectivity index (χ3n) is 4.21. The van der Waals surface area contributed by atoms with Crippen LogP contribution in [-0.2, 0) is 7.05 Å². The van der Waals surface area contributed by atoms with E-state index in [0.29, 0.717) is 5.82 Å². The van der Waals surface area contributed by atoms with Crippen molar-refractivity contribution in [3.05, 3.63) is 73.1 Å². The molecule has 2 heterocycles. The molecule has 0 N–H and O–H groups in total. The van der Waals surface area contributed by atoms with Crippen LogP contribution in [0.25, 0.3) is 33.9 Å². The Labute approximate surface area is 151 Å². The number of benzene rings is 2. The van der Waals surface area contributed by atoms with Crippen molar-refractivity contribution >= 4 is 0 Å². The maximum atomic E-state index is 5.29. The van der Waals surface area contributed by atoms with E-state index in [4.69, 9.17) is 9.72 Å². The highest BCUT2D eigenvalue weighted by Crippen LogP contribution is 2.27. The summed E-state index contributed by atoms with van der Waals surface area (Å²) in [5.41, 5.74) is 4.11. The van der Waals surface area contributed by atoms with E-state index in [1.807, 2.05) is 61.8 Å². The minimum Gasteiger partial charge on any atom is -0.497 e. The van der Waals surface area contributed by atoms with Gasteiger partial charge < -0.3 is 4.74 Å². The molecule has 2 aromatic heterocycles. The number of aromatic nitrogens is 4. The molecule has 2 aromatic carbocycles. The summed E-state index contributed by atoms with van der Waals surface area (Å²) in [5.74, 6) is 2.27. The molecule has 0 aliphatic rings. The van der Waals surface area contributed by atoms with Crippen molar-refractivity contribution in [2.75, 3.05) is 7.11 Å². The van der Waals surface area contributed by atoms with E-state index in [0.717, 1.165) is 33.8 Å². The molecule has 0 spiro atoms. The summed E-state index contributed by atoms with van der Waals surface area (Å²) in [6.45, 7) is 0. The van der Waals surface area contributed by atoms with E-state index in [1.54, 1.807) is 18.0 Å². The Morgan fingerprint density at radius 3 is 2.42 bits per heavy atom. The molecule has 0 fully saturated rings. The number of pyridine rings is 1. The van der Waals surface area contributed by atoms with Gasteiger partial charge in [-0.3, -0.25) is 4.98 Å². The molecule has 0 bridgehead atoms. The van der Waals surface area contributed by atoms with Gasteiger partial charge in [0.05, 0.1) is 7.11 Å². The van der Waals surface area contributed by atoms with Crippen LogP contribution in [-0.4, -0.2) is 26.9 Å². The number of nitrogens with zero attached hydrogens (tertiary/aromatic N) is 4. The van der Waals surface area contributed by atoms with E-state index in [1.165, 1.54) is 0 Å². The lowest BCUT2D eigenvalue weighted by molar-refractivity contribution is 0.415. The monoisotopic (exact) mass is 342 g/mol. The Morgan fingerprint density at radius 1 is 0.846 bits per heavy atom. The number of rotatable bonds is 4. The molecule has 0 unspecified atom stereocenters. The molecule has 0 amide bonds. The Bertz CT molecular complexity index is 1040. The number of hydrogen-bond acceptors (Lipinski definition) is 4. The lowest BCUT2D eigenvalue weighted by atomic mass is 10.0. The van der Waals surface area contributed by atoms with Gasteiger partial charge in [-0.2, -0.15) is 5.10 Å². The molecule has 4 aromatic rings. The number of hydrogen-bond donors (Lipinski definition) is 0. The van der Waals surface area contributed by atoms with Crippen molar-refractivity contribution in [1.82, 2.24) is 19.7 Å². The summed E-state index contributed by atoms with van der Waals surface area (Å²) >= 11 is 0. The fourth-order valence-electron chi connectivity index (χ4n) is 2.89. The summed E-state index contributed by atoms with van der Waals surface area (Å²) in [7, 11) is 3.56. The number of methoxy groups -OCH3 is 1. The number of aryl methyl sites for hydroxylation is 1. The first-order valence-corrected chi connectivity index (χ1v) is 8.31. The predicted molar refractivity (Wildman–Crippen MR) is 102 cm³/mol. The molecule has 5 nitrogen and oxygen atoms in total. The van der Waals surface area contributed by atoms with Gasteiger partial charge in [-0.25, -0.2) is 9.67 Å². The Balaban J connectivity index is 1.74. The maximum absolute atomic E-state index is 5.29. The maximum Gasteiger partial charge on any atom is 0.181 e. The SMILES string of the molecule is COc1cccc(-c2nc(-c3cccc(-c4cccnc4)c3)n(C)n2)c1. The summed E-state index contributed by atoms with van der Waals surface area (Å²) in [5, 5.41) is 4.57. The lowest BCUT2D eigenvalue weighted by Gasteiger charge is -2.04. The molecule has 0 aliphatic carbocycles. The van der Waals surface area contributed by atoms with Crippen molar-refractivity contribution in [2.24, 2.45) is 7.05 Å². The van der Waals surface area contributed by atoms with Crippen LogP contribution in [0.15, 0.2) is 73.1 Å². The van der Waals surface area contributed by atoms with Crippen LogP contribution < -0.4 is 4.74 Å². The van der Waals surface area contributed by atoms with Crippen LogP contribution >= 0.6 is 0 Å². The average molecular weight is 342 g/mol. The van der Waals surface area contributed by atoms with Crippen molar-refractivity contribution < 1.29 is 4.74 Å². The lowest BCUT2D eigenvalue weighted by Crippen LogP contribution is -1.94. The topological polar surface area (TPSA) is 52.8 Å². The summed E-state index contributed by atoms with van der Waals surface area (Å²) in [6.07, 6.45) is 3.63. The average Bonchev–Trinajstić information content (AvgIpc) is 3.10. The summed E-state index contributed by atoms with van der Waals surface area (Å²) in [4.78, 5) is 8.94. The van der Waals surface area contributed by atoms with Gasteiger partial charge in [0.1, 0.15) is 5.75 Å². The van der Waals surface area contributed by atoms with Crippen molar-refractivity contribution in [3.8, 4) is 39.7 Å². The molecule has 26 heavy (non-hydrogen) atoms. The normalized spacial score (nSPS) is 10.7. The van der Waals surface area contributed by atoms with Gasteiger partial charge in [0, 0.05) is 36.1 Å². The third kappa shape index (κ3) is 3.07. The molecule has 128 valence electrons. The largest absolute Gasteiger partial charge is 0.497 e. The van der Waals surface area contributed by atoms with Gasteiger partial charge in [0.2, 0.25) is 0 Å². The second-order valence-corrected chi connectivity index (χ2v) is 5.94. The van der Waals surface area contributed by atoms with Crippen LogP contribution in [0.1, 0.15) is 0 Å². The van der Waals surface area contributed by atoms with E-state index >= 15 is 0 Å². The minimum atomic E-state index is 0.674. The van der Waals surface area contributed by atoms with Crippen molar-refractivity contribution in [1.29, 1.82) is 0 Å². The number of ether oxygens (including phenoxy) is 1.